The topological polar surface area (TPSA) is 29.1 Å². The van der Waals surface area contributed by atoms with E-state index in [0.29, 0.717) is 10.6 Å². The number of alkyl halides is 1. The monoisotopic (exact) mass is 331 g/mol. The van der Waals surface area contributed by atoms with Gasteiger partial charge in [0.1, 0.15) is 0 Å². The SMILES string of the molecule is Cc1cc(Cl)ccc1C(=O)NCCCCCCBr. The zero-order valence-electron chi connectivity index (χ0n) is 10.6. The third-order valence-corrected chi connectivity index (χ3v) is 3.57. The average Bonchev–Trinajstić information content (AvgIpc) is 2.33. The molecule has 1 rings (SSSR count). The Morgan fingerprint density at radius 3 is 2.67 bits per heavy atom. The summed E-state index contributed by atoms with van der Waals surface area (Å²) >= 11 is 9.27. The van der Waals surface area contributed by atoms with Crippen molar-refractivity contribution in [3.8, 4) is 0 Å². The number of hydrogen-bond donors (Lipinski definition) is 1. The number of carbonyl (C=O) groups excluding carboxylic acids is 1. The first kappa shape index (κ1) is 15.5. The predicted molar refractivity (Wildman–Crippen MR) is 80.8 cm³/mol. The lowest BCUT2D eigenvalue weighted by Crippen LogP contribution is -2.25. The third-order valence-electron chi connectivity index (χ3n) is 2.78. The van der Waals surface area contributed by atoms with Crippen LogP contribution in [0.25, 0.3) is 0 Å². The van der Waals surface area contributed by atoms with Gasteiger partial charge in [0.25, 0.3) is 5.91 Å². The molecule has 0 unspecified atom stereocenters. The first-order valence-electron chi connectivity index (χ1n) is 6.25. The van der Waals surface area contributed by atoms with Gasteiger partial charge in [-0.15, -0.1) is 0 Å². The molecule has 0 radical (unpaired) electrons. The summed E-state index contributed by atoms with van der Waals surface area (Å²) in [4.78, 5) is 11.9. The summed E-state index contributed by atoms with van der Waals surface area (Å²) in [7, 11) is 0. The minimum Gasteiger partial charge on any atom is -0.352 e. The van der Waals surface area contributed by atoms with Crippen molar-refractivity contribution >= 4 is 33.4 Å². The lowest BCUT2D eigenvalue weighted by molar-refractivity contribution is 0.0952. The normalized spacial score (nSPS) is 10.4. The second kappa shape index (κ2) is 8.54. The summed E-state index contributed by atoms with van der Waals surface area (Å²) in [6.07, 6.45) is 4.60. The number of aryl methyl sites for hydroxylation is 1. The van der Waals surface area contributed by atoms with Gasteiger partial charge in [0.2, 0.25) is 0 Å². The van der Waals surface area contributed by atoms with E-state index in [4.69, 9.17) is 11.6 Å². The molecule has 1 amide bonds. The second-order valence-corrected chi connectivity index (χ2v) is 5.55. The Morgan fingerprint density at radius 1 is 1.28 bits per heavy atom. The second-order valence-electron chi connectivity index (χ2n) is 4.32. The van der Waals surface area contributed by atoms with E-state index in [2.05, 4.69) is 21.2 Å². The van der Waals surface area contributed by atoms with Crippen LogP contribution in [0.3, 0.4) is 0 Å². The zero-order valence-corrected chi connectivity index (χ0v) is 13.0. The van der Waals surface area contributed by atoms with Gasteiger partial charge in [-0.3, -0.25) is 4.79 Å². The molecule has 1 aromatic carbocycles. The summed E-state index contributed by atoms with van der Waals surface area (Å²) < 4.78 is 0. The number of nitrogens with one attached hydrogen (secondary N) is 1. The third kappa shape index (κ3) is 5.40. The van der Waals surface area contributed by atoms with Crippen molar-refractivity contribution in [1.29, 1.82) is 0 Å². The Labute approximate surface area is 122 Å². The average molecular weight is 333 g/mol. The Morgan fingerprint density at radius 2 is 2.00 bits per heavy atom. The number of carbonyl (C=O) groups is 1. The van der Waals surface area contributed by atoms with Crippen LogP contribution in [0.1, 0.15) is 41.6 Å². The quantitative estimate of drug-likeness (QED) is 0.584. The number of amides is 1. The van der Waals surface area contributed by atoms with E-state index in [1.165, 1.54) is 12.8 Å². The van der Waals surface area contributed by atoms with Crippen molar-refractivity contribution in [3.05, 3.63) is 34.3 Å². The van der Waals surface area contributed by atoms with E-state index in [0.717, 1.165) is 30.3 Å². The molecule has 1 N–H and O–H groups in total. The van der Waals surface area contributed by atoms with Gasteiger partial charge in [0, 0.05) is 22.5 Å². The highest BCUT2D eigenvalue weighted by Crippen LogP contribution is 2.15. The van der Waals surface area contributed by atoms with Crippen molar-refractivity contribution in [1.82, 2.24) is 5.32 Å². The number of hydrogen-bond acceptors (Lipinski definition) is 1. The Balaban J connectivity index is 2.32. The standard InChI is InChI=1S/C14H19BrClNO/c1-11-10-12(16)6-7-13(11)14(18)17-9-5-3-2-4-8-15/h6-7,10H,2-5,8-9H2,1H3,(H,17,18). The van der Waals surface area contributed by atoms with Crippen LogP contribution in [-0.4, -0.2) is 17.8 Å². The molecule has 0 saturated carbocycles. The van der Waals surface area contributed by atoms with Crippen LogP contribution in [0.4, 0.5) is 0 Å². The number of benzene rings is 1. The van der Waals surface area contributed by atoms with Gasteiger partial charge in [-0.2, -0.15) is 0 Å². The highest BCUT2D eigenvalue weighted by Gasteiger charge is 2.08. The highest BCUT2D eigenvalue weighted by atomic mass is 79.9. The molecule has 0 aliphatic rings. The van der Waals surface area contributed by atoms with Crippen LogP contribution >= 0.6 is 27.5 Å². The van der Waals surface area contributed by atoms with Gasteiger partial charge in [-0.05, 0) is 43.5 Å². The van der Waals surface area contributed by atoms with Gasteiger partial charge >= 0.3 is 0 Å². The molecule has 0 aliphatic carbocycles. The predicted octanol–water partition coefficient (Wildman–Crippen LogP) is 4.33. The Bertz CT molecular complexity index is 395. The first-order valence-corrected chi connectivity index (χ1v) is 7.75. The lowest BCUT2D eigenvalue weighted by Gasteiger charge is -2.07. The van der Waals surface area contributed by atoms with Crippen LogP contribution in [0.15, 0.2) is 18.2 Å². The molecule has 0 heterocycles. The van der Waals surface area contributed by atoms with Crippen molar-refractivity contribution < 1.29 is 4.79 Å². The minimum atomic E-state index is -0.00958. The molecule has 2 nitrogen and oxygen atoms in total. The van der Waals surface area contributed by atoms with E-state index in [9.17, 15) is 4.79 Å². The molecule has 0 saturated heterocycles. The lowest BCUT2D eigenvalue weighted by atomic mass is 10.1. The van der Waals surface area contributed by atoms with Crippen molar-refractivity contribution in [2.45, 2.75) is 32.6 Å². The fourth-order valence-electron chi connectivity index (χ4n) is 1.75. The maximum Gasteiger partial charge on any atom is 0.251 e. The van der Waals surface area contributed by atoms with E-state index < -0.39 is 0 Å². The number of unbranched alkanes of at least 4 members (excludes halogenated alkanes) is 3. The molecule has 0 aliphatic heterocycles. The first-order chi connectivity index (χ1) is 8.65. The maximum atomic E-state index is 11.9. The molecule has 0 atom stereocenters. The summed E-state index contributed by atoms with van der Waals surface area (Å²) in [5.74, 6) is -0.00958. The summed E-state index contributed by atoms with van der Waals surface area (Å²) in [6.45, 7) is 2.64. The van der Waals surface area contributed by atoms with Crippen molar-refractivity contribution in [2.75, 3.05) is 11.9 Å². The number of rotatable bonds is 7. The van der Waals surface area contributed by atoms with Crippen LogP contribution in [0, 0.1) is 6.92 Å². The Kier molecular flexibility index (Phi) is 7.36. The molecule has 18 heavy (non-hydrogen) atoms. The molecular formula is C14H19BrClNO. The molecular weight excluding hydrogens is 314 g/mol. The molecule has 0 aromatic heterocycles. The van der Waals surface area contributed by atoms with Crippen LogP contribution in [-0.2, 0) is 0 Å². The van der Waals surface area contributed by atoms with Gasteiger partial charge < -0.3 is 5.32 Å². The van der Waals surface area contributed by atoms with E-state index in [-0.39, 0.29) is 5.91 Å². The van der Waals surface area contributed by atoms with Crippen LogP contribution in [0.5, 0.6) is 0 Å². The van der Waals surface area contributed by atoms with Crippen molar-refractivity contribution in [3.63, 3.8) is 0 Å². The molecule has 0 bridgehead atoms. The maximum absolute atomic E-state index is 11.9. The molecule has 0 spiro atoms. The van der Waals surface area contributed by atoms with E-state index >= 15 is 0 Å². The molecule has 1 aromatic rings. The largest absolute Gasteiger partial charge is 0.352 e. The summed E-state index contributed by atoms with van der Waals surface area (Å²) in [6, 6.07) is 5.34. The van der Waals surface area contributed by atoms with Gasteiger partial charge in [-0.25, -0.2) is 0 Å². The van der Waals surface area contributed by atoms with Crippen molar-refractivity contribution in [2.24, 2.45) is 0 Å². The van der Waals surface area contributed by atoms with Gasteiger partial charge in [0.15, 0.2) is 0 Å². The summed E-state index contributed by atoms with van der Waals surface area (Å²) in [5, 5.41) is 4.67. The van der Waals surface area contributed by atoms with Crippen LogP contribution < -0.4 is 5.32 Å². The van der Waals surface area contributed by atoms with E-state index in [1.54, 1.807) is 12.1 Å². The summed E-state index contributed by atoms with van der Waals surface area (Å²) in [5.41, 5.74) is 1.62. The van der Waals surface area contributed by atoms with Gasteiger partial charge in [-0.1, -0.05) is 40.4 Å². The fourth-order valence-corrected chi connectivity index (χ4v) is 2.38. The Hall–Kier alpha value is -0.540. The molecule has 0 fully saturated rings. The van der Waals surface area contributed by atoms with Gasteiger partial charge in [0.05, 0.1) is 0 Å². The molecule has 100 valence electrons. The van der Waals surface area contributed by atoms with Crippen LogP contribution in [0.2, 0.25) is 5.02 Å². The molecule has 4 heteroatoms. The smallest absolute Gasteiger partial charge is 0.251 e. The zero-order chi connectivity index (χ0) is 13.4. The fraction of sp³-hybridized carbons (Fsp3) is 0.500. The van der Waals surface area contributed by atoms with E-state index in [1.807, 2.05) is 13.0 Å². The highest BCUT2D eigenvalue weighted by molar-refractivity contribution is 9.09. The minimum absolute atomic E-state index is 0.00958. The number of halogens is 2.